The molecule has 0 aliphatic rings. The van der Waals surface area contributed by atoms with Gasteiger partial charge >= 0.3 is 0 Å². The summed E-state index contributed by atoms with van der Waals surface area (Å²) in [5.74, 6) is 0.601. The summed E-state index contributed by atoms with van der Waals surface area (Å²) in [6, 6.07) is 27.7. The molecule has 0 atom stereocenters. The van der Waals surface area contributed by atoms with E-state index < -0.39 is 0 Å². The summed E-state index contributed by atoms with van der Waals surface area (Å²) in [4.78, 5) is 14.6. The molecule has 3 aromatic carbocycles. The zero-order valence-electron chi connectivity index (χ0n) is 20.7. The molecule has 192 valence electrons. The number of carbonyl (C=O) groups is 1. The monoisotopic (exact) mass is 674 g/mol. The molecule has 2 aromatic heterocycles. The number of methoxy groups -OCH3 is 1. The SMILES string of the molecule is CC(=O)/C=C(/C)O.COc1c[c-]c(-c2cc(-n3c4ccccc4c4ccccc43)ccn2)c(CO)c1.[Pt]. The fourth-order valence-electron chi connectivity index (χ4n) is 4.19. The van der Waals surface area contributed by atoms with Gasteiger partial charge in [0.25, 0.3) is 0 Å². The van der Waals surface area contributed by atoms with Gasteiger partial charge in [0.2, 0.25) is 0 Å². The van der Waals surface area contributed by atoms with Gasteiger partial charge in [0, 0.05) is 62.2 Å². The molecule has 2 heterocycles. The second-order valence-electron chi connectivity index (χ2n) is 8.26. The number of aliphatic hydroxyl groups excluding tert-OH is 2. The van der Waals surface area contributed by atoms with Gasteiger partial charge in [0.05, 0.1) is 23.9 Å². The molecule has 0 spiro atoms. The molecule has 0 unspecified atom stereocenters. The Hall–Kier alpha value is -3.73. The number of aromatic nitrogens is 2. The van der Waals surface area contributed by atoms with Crippen molar-refractivity contribution in [2.75, 3.05) is 7.11 Å². The minimum atomic E-state index is -0.125. The quantitative estimate of drug-likeness (QED) is 0.132. The number of benzene rings is 3. The van der Waals surface area contributed by atoms with Crippen LogP contribution in [0.25, 0.3) is 38.8 Å². The maximum Gasteiger partial charge on any atom is 0.155 e. The maximum atomic E-state index is 10.0. The van der Waals surface area contributed by atoms with E-state index in [0.29, 0.717) is 5.75 Å². The fraction of sp³-hybridized carbons (Fsp3) is 0.133. The topological polar surface area (TPSA) is 84.6 Å². The number of pyridine rings is 1. The summed E-state index contributed by atoms with van der Waals surface area (Å²) in [7, 11) is 1.60. The molecule has 0 saturated carbocycles. The predicted octanol–water partition coefficient (Wildman–Crippen LogP) is 6.18. The second-order valence-corrected chi connectivity index (χ2v) is 8.26. The summed E-state index contributed by atoms with van der Waals surface area (Å²) in [6.07, 6.45) is 2.97. The van der Waals surface area contributed by atoms with Gasteiger partial charge in [-0.1, -0.05) is 54.1 Å². The molecule has 37 heavy (non-hydrogen) atoms. The number of ketones is 1. The number of hydrogen-bond donors (Lipinski definition) is 2. The Morgan fingerprint density at radius 3 is 2.16 bits per heavy atom. The Kier molecular flexibility index (Phi) is 9.40. The number of fused-ring (bicyclic) bond motifs is 3. The number of carbonyl (C=O) groups excluding carboxylic acids is 1. The number of ether oxygens (including phenoxy) is 1. The minimum Gasteiger partial charge on any atom is -0.540 e. The maximum absolute atomic E-state index is 10.0. The van der Waals surface area contributed by atoms with Crippen molar-refractivity contribution >= 4 is 27.6 Å². The van der Waals surface area contributed by atoms with Crippen LogP contribution in [-0.2, 0) is 32.5 Å². The molecule has 0 fully saturated rings. The summed E-state index contributed by atoms with van der Waals surface area (Å²) < 4.78 is 7.51. The van der Waals surface area contributed by atoms with Gasteiger partial charge in [-0.05, 0) is 37.7 Å². The van der Waals surface area contributed by atoms with Crippen LogP contribution in [0.2, 0.25) is 0 Å². The molecule has 5 aromatic rings. The van der Waals surface area contributed by atoms with Gasteiger partial charge in [-0.3, -0.25) is 4.79 Å². The number of allylic oxidation sites excluding steroid dienone is 2. The molecular weight excluding hydrogens is 647 g/mol. The molecule has 7 heteroatoms. The Bertz CT molecular complexity index is 1520. The molecule has 0 amide bonds. The zero-order chi connectivity index (χ0) is 25.7. The van der Waals surface area contributed by atoms with E-state index in [2.05, 4.69) is 64.1 Å². The van der Waals surface area contributed by atoms with Crippen molar-refractivity contribution < 1.29 is 40.8 Å². The first-order valence-corrected chi connectivity index (χ1v) is 11.4. The second kappa shape index (κ2) is 12.5. The third-order valence-electron chi connectivity index (χ3n) is 5.65. The van der Waals surface area contributed by atoms with Crippen molar-refractivity contribution in [1.29, 1.82) is 0 Å². The predicted molar refractivity (Wildman–Crippen MR) is 142 cm³/mol. The summed E-state index contributed by atoms with van der Waals surface area (Å²) in [6.45, 7) is 2.74. The molecule has 0 radical (unpaired) electrons. The van der Waals surface area contributed by atoms with E-state index >= 15 is 0 Å². The Balaban J connectivity index is 0.000000422. The number of rotatable bonds is 5. The van der Waals surface area contributed by atoms with E-state index in [4.69, 9.17) is 9.84 Å². The van der Waals surface area contributed by atoms with E-state index in [1.807, 2.05) is 18.2 Å². The first-order valence-electron chi connectivity index (χ1n) is 11.4. The molecule has 0 bridgehead atoms. The fourth-order valence-corrected chi connectivity index (χ4v) is 4.19. The van der Waals surface area contributed by atoms with Crippen LogP contribution in [0.3, 0.4) is 0 Å². The largest absolute Gasteiger partial charge is 0.540 e. The first-order chi connectivity index (χ1) is 17.4. The molecule has 0 aliphatic carbocycles. The summed E-state index contributed by atoms with van der Waals surface area (Å²) in [5, 5.41) is 20.6. The van der Waals surface area contributed by atoms with Crippen molar-refractivity contribution in [2.24, 2.45) is 0 Å². The first kappa shape index (κ1) is 27.8. The smallest absolute Gasteiger partial charge is 0.155 e. The van der Waals surface area contributed by atoms with Crippen LogP contribution in [0.5, 0.6) is 5.75 Å². The van der Waals surface area contributed by atoms with Gasteiger partial charge in [-0.2, -0.15) is 0 Å². The average Bonchev–Trinajstić information content (AvgIpc) is 3.22. The van der Waals surface area contributed by atoms with Crippen LogP contribution in [0.1, 0.15) is 19.4 Å². The normalized spacial score (nSPS) is 11.0. The van der Waals surface area contributed by atoms with E-state index in [0.717, 1.165) is 33.5 Å². The van der Waals surface area contributed by atoms with E-state index in [1.165, 1.54) is 30.7 Å². The van der Waals surface area contributed by atoms with Gasteiger partial charge in [-0.15, -0.1) is 17.7 Å². The van der Waals surface area contributed by atoms with Gasteiger partial charge in [0.1, 0.15) is 0 Å². The number of aliphatic hydroxyl groups is 2. The Labute approximate surface area is 230 Å². The van der Waals surface area contributed by atoms with E-state index in [1.54, 1.807) is 19.4 Å². The number of para-hydroxylation sites is 2. The van der Waals surface area contributed by atoms with Crippen LogP contribution < -0.4 is 4.74 Å². The Morgan fingerprint density at radius 2 is 1.65 bits per heavy atom. The van der Waals surface area contributed by atoms with Crippen molar-refractivity contribution in [2.45, 2.75) is 20.5 Å². The van der Waals surface area contributed by atoms with Crippen molar-refractivity contribution in [3.05, 3.63) is 102 Å². The molecule has 2 N–H and O–H groups in total. The van der Waals surface area contributed by atoms with Crippen LogP contribution >= 0.6 is 0 Å². The third kappa shape index (κ3) is 6.16. The van der Waals surface area contributed by atoms with Crippen molar-refractivity contribution in [3.63, 3.8) is 0 Å². The number of hydrogen-bond acceptors (Lipinski definition) is 5. The standard InChI is InChI=1S/C25H19N2O2.C5H8O2.Pt/c1-29-19-10-11-20(17(14-19)16-28)23-15-18(12-13-26-23)27-24-8-4-2-6-21(24)22-7-3-5-9-25(22)27;1-4(6)3-5(2)7;/h2-10,12-15,28H,16H2,1H3;3,6H,1-2H3;/q-1;;/b;4-3-;. The molecular formula is C30H27N2O4Pt-. The molecule has 0 aliphatic heterocycles. The summed E-state index contributed by atoms with van der Waals surface area (Å²) in [5.41, 5.74) is 5.57. The molecule has 0 saturated heterocycles. The summed E-state index contributed by atoms with van der Waals surface area (Å²) >= 11 is 0. The minimum absolute atomic E-state index is 0. The van der Waals surface area contributed by atoms with Crippen LogP contribution in [0.4, 0.5) is 0 Å². The molecule has 5 rings (SSSR count). The van der Waals surface area contributed by atoms with Crippen molar-refractivity contribution in [1.82, 2.24) is 9.55 Å². The van der Waals surface area contributed by atoms with Crippen molar-refractivity contribution in [3.8, 4) is 22.7 Å². The average molecular weight is 675 g/mol. The van der Waals surface area contributed by atoms with Crippen LogP contribution in [0.15, 0.2) is 90.8 Å². The third-order valence-corrected chi connectivity index (χ3v) is 5.65. The van der Waals surface area contributed by atoms with Gasteiger partial charge in [-0.25, -0.2) is 0 Å². The van der Waals surface area contributed by atoms with Gasteiger partial charge < -0.3 is 24.5 Å². The van der Waals surface area contributed by atoms with Crippen LogP contribution in [-0.4, -0.2) is 32.7 Å². The van der Waals surface area contributed by atoms with Gasteiger partial charge in [0.15, 0.2) is 5.78 Å². The Morgan fingerprint density at radius 1 is 1.03 bits per heavy atom. The van der Waals surface area contributed by atoms with E-state index in [9.17, 15) is 9.90 Å². The molecule has 6 nitrogen and oxygen atoms in total. The zero-order valence-corrected chi connectivity index (χ0v) is 23.0. The van der Waals surface area contributed by atoms with Crippen LogP contribution in [0, 0.1) is 6.07 Å². The van der Waals surface area contributed by atoms with E-state index in [-0.39, 0.29) is 39.2 Å². The number of nitrogens with zero attached hydrogens (tertiary/aromatic N) is 2.